The van der Waals surface area contributed by atoms with Crippen LogP contribution >= 0.6 is 11.3 Å². The molecule has 3 aromatic heterocycles. The van der Waals surface area contributed by atoms with Gasteiger partial charge in [-0.25, -0.2) is 9.67 Å². The monoisotopic (exact) mass is 420 g/mol. The van der Waals surface area contributed by atoms with Gasteiger partial charge in [-0.3, -0.25) is 9.20 Å². The van der Waals surface area contributed by atoms with Crippen LogP contribution in [0.2, 0.25) is 0 Å². The Kier molecular flexibility index (Phi) is 5.10. The summed E-state index contributed by atoms with van der Waals surface area (Å²) in [5, 5.41) is 10.0. The molecule has 0 saturated carbocycles. The van der Waals surface area contributed by atoms with Gasteiger partial charge in [0.05, 0.1) is 17.6 Å². The Morgan fingerprint density at radius 3 is 2.83 bits per heavy atom. The summed E-state index contributed by atoms with van der Waals surface area (Å²) in [5.41, 5.74) is 3.62. The minimum Gasteiger partial charge on any atom is -0.337 e. The summed E-state index contributed by atoms with van der Waals surface area (Å²) in [5.74, 6) is 0.0461. The van der Waals surface area contributed by atoms with Gasteiger partial charge in [0.15, 0.2) is 10.7 Å². The number of benzene rings is 1. The summed E-state index contributed by atoms with van der Waals surface area (Å²) in [6, 6.07) is 10.2. The molecule has 1 N–H and O–H groups in total. The molecule has 0 aliphatic carbocycles. The van der Waals surface area contributed by atoms with Crippen molar-refractivity contribution in [2.45, 2.75) is 32.4 Å². The van der Waals surface area contributed by atoms with Crippen LogP contribution in [0.25, 0.3) is 10.6 Å². The van der Waals surface area contributed by atoms with E-state index in [4.69, 9.17) is 0 Å². The van der Waals surface area contributed by atoms with Crippen molar-refractivity contribution in [3.8, 4) is 5.69 Å². The van der Waals surface area contributed by atoms with Crippen molar-refractivity contribution in [2.24, 2.45) is 0 Å². The summed E-state index contributed by atoms with van der Waals surface area (Å²) < 4.78 is 3.91. The van der Waals surface area contributed by atoms with Gasteiger partial charge in [-0.1, -0.05) is 18.2 Å². The molecule has 4 aromatic rings. The molecule has 154 valence electrons. The van der Waals surface area contributed by atoms with Crippen molar-refractivity contribution >= 4 is 22.2 Å². The molecule has 1 aliphatic heterocycles. The number of imidazole rings is 1. The summed E-state index contributed by atoms with van der Waals surface area (Å²) in [6.45, 7) is 4.32. The van der Waals surface area contributed by atoms with Crippen LogP contribution < -0.4 is 5.32 Å². The van der Waals surface area contributed by atoms with E-state index in [0.717, 1.165) is 47.8 Å². The number of likely N-dealkylation sites (tertiary alicyclic amines) is 1. The van der Waals surface area contributed by atoms with Gasteiger partial charge >= 0.3 is 0 Å². The predicted molar refractivity (Wildman–Crippen MR) is 117 cm³/mol. The van der Waals surface area contributed by atoms with Gasteiger partial charge in [0.25, 0.3) is 5.91 Å². The number of fused-ring (bicyclic) bond motifs is 1. The molecule has 1 saturated heterocycles. The molecule has 0 unspecified atom stereocenters. The lowest BCUT2D eigenvalue weighted by molar-refractivity contribution is 0.0786. The summed E-state index contributed by atoms with van der Waals surface area (Å²) in [7, 11) is 0. The Hall–Kier alpha value is -2.97. The highest BCUT2D eigenvalue weighted by molar-refractivity contribution is 7.15. The molecule has 1 fully saturated rings. The van der Waals surface area contributed by atoms with E-state index < -0.39 is 0 Å². The van der Waals surface area contributed by atoms with Crippen molar-refractivity contribution in [3.05, 3.63) is 71.3 Å². The van der Waals surface area contributed by atoms with Gasteiger partial charge in [-0.05, 0) is 31.9 Å². The average Bonchev–Trinajstić information content (AvgIpc) is 3.56. The first-order valence-electron chi connectivity index (χ1n) is 10.3. The number of hydrogen-bond donors (Lipinski definition) is 1. The summed E-state index contributed by atoms with van der Waals surface area (Å²) >= 11 is 1.55. The number of carbonyl (C=O) groups excluding carboxylic acids is 1. The molecule has 1 atom stereocenters. The fraction of sp³-hybridized carbons (Fsp3) is 0.318. The van der Waals surface area contributed by atoms with Gasteiger partial charge in [-0.15, -0.1) is 11.3 Å². The Balaban J connectivity index is 1.35. The molecule has 1 aromatic carbocycles. The van der Waals surface area contributed by atoms with Crippen LogP contribution in [0.5, 0.6) is 0 Å². The number of rotatable bonds is 6. The van der Waals surface area contributed by atoms with Crippen LogP contribution in [0.1, 0.15) is 47.6 Å². The maximum absolute atomic E-state index is 13.0. The molecule has 5 rings (SSSR count). The quantitative estimate of drug-likeness (QED) is 0.517. The smallest absolute Gasteiger partial charge is 0.274 e. The van der Waals surface area contributed by atoms with Gasteiger partial charge < -0.3 is 10.2 Å². The van der Waals surface area contributed by atoms with E-state index in [9.17, 15) is 4.79 Å². The number of thiazole rings is 1. The van der Waals surface area contributed by atoms with Crippen molar-refractivity contribution < 1.29 is 4.79 Å². The molecule has 8 heteroatoms. The van der Waals surface area contributed by atoms with Crippen LogP contribution in [-0.2, 0) is 6.54 Å². The minimum atomic E-state index is 0.0461. The number of nitrogens with zero attached hydrogens (tertiary/aromatic N) is 5. The Labute approximate surface area is 179 Å². The second-order valence-electron chi connectivity index (χ2n) is 7.62. The highest BCUT2D eigenvalue weighted by Crippen LogP contribution is 2.22. The third-order valence-corrected chi connectivity index (χ3v) is 6.41. The maximum atomic E-state index is 13.0. The first-order valence-corrected chi connectivity index (χ1v) is 11.2. The molecule has 1 aliphatic rings. The second-order valence-corrected chi connectivity index (χ2v) is 8.49. The molecule has 0 spiro atoms. The lowest BCUT2D eigenvalue weighted by Gasteiger charge is -2.16. The zero-order valence-electron chi connectivity index (χ0n) is 16.9. The molecule has 0 bridgehead atoms. The summed E-state index contributed by atoms with van der Waals surface area (Å²) in [4.78, 5) is 20.4. The largest absolute Gasteiger partial charge is 0.337 e. The summed E-state index contributed by atoms with van der Waals surface area (Å²) in [6.07, 6.45) is 8.06. The lowest BCUT2D eigenvalue weighted by Crippen LogP contribution is -2.30. The molecule has 4 heterocycles. The van der Waals surface area contributed by atoms with E-state index >= 15 is 0 Å². The van der Waals surface area contributed by atoms with E-state index in [-0.39, 0.29) is 11.9 Å². The first kappa shape index (κ1) is 19.0. The first-order chi connectivity index (χ1) is 14.7. The molecular formula is C22H24N6OS. The minimum absolute atomic E-state index is 0.0461. The number of carbonyl (C=O) groups is 1. The number of hydrogen-bond acceptors (Lipinski definition) is 5. The van der Waals surface area contributed by atoms with Gasteiger partial charge in [0.1, 0.15) is 0 Å². The van der Waals surface area contributed by atoms with E-state index in [1.165, 1.54) is 0 Å². The van der Waals surface area contributed by atoms with Gasteiger partial charge in [0.2, 0.25) is 0 Å². The van der Waals surface area contributed by atoms with Gasteiger partial charge in [-0.2, -0.15) is 5.10 Å². The van der Waals surface area contributed by atoms with Gasteiger partial charge in [0, 0.05) is 49.0 Å². The Bertz CT molecular complexity index is 1150. The average molecular weight is 421 g/mol. The number of amides is 1. The van der Waals surface area contributed by atoms with E-state index in [2.05, 4.69) is 22.3 Å². The fourth-order valence-corrected chi connectivity index (χ4v) is 4.63. The normalized spacial score (nSPS) is 15.2. The topological polar surface area (TPSA) is 67.5 Å². The Morgan fingerprint density at radius 1 is 1.23 bits per heavy atom. The SMILES string of the molecule is C[C@H](NCc1c(C(=O)N2CCCC2)nc2sccn12)c1cnn(-c2ccccc2)c1. The standard InChI is InChI=1S/C22H24N6OS/c1-16(17-13-24-28(15-17)18-7-3-2-4-8-18)23-14-19-20(21(29)26-9-5-6-10-26)25-22-27(19)11-12-30-22/h2-4,7-8,11-13,15-16,23H,5-6,9-10,14H2,1H3/t16-/m0/s1. The Morgan fingerprint density at radius 2 is 2.03 bits per heavy atom. The van der Waals surface area contributed by atoms with E-state index in [0.29, 0.717) is 12.2 Å². The van der Waals surface area contributed by atoms with Crippen LogP contribution in [0.15, 0.2) is 54.3 Å². The third-order valence-electron chi connectivity index (χ3n) is 5.66. The highest BCUT2D eigenvalue weighted by Gasteiger charge is 2.26. The van der Waals surface area contributed by atoms with Crippen molar-refractivity contribution in [2.75, 3.05) is 13.1 Å². The van der Waals surface area contributed by atoms with Crippen molar-refractivity contribution in [1.82, 2.24) is 29.4 Å². The zero-order chi connectivity index (χ0) is 20.5. The fourth-order valence-electron chi connectivity index (χ4n) is 3.89. The maximum Gasteiger partial charge on any atom is 0.274 e. The van der Waals surface area contributed by atoms with Crippen molar-refractivity contribution in [1.29, 1.82) is 0 Å². The predicted octanol–water partition coefficient (Wildman–Crippen LogP) is 3.67. The van der Waals surface area contributed by atoms with Crippen LogP contribution in [0, 0.1) is 0 Å². The van der Waals surface area contributed by atoms with Crippen LogP contribution in [-0.4, -0.2) is 43.1 Å². The van der Waals surface area contributed by atoms with Crippen molar-refractivity contribution in [3.63, 3.8) is 0 Å². The number of aromatic nitrogens is 4. The molecule has 30 heavy (non-hydrogen) atoms. The van der Waals surface area contributed by atoms with Crippen LogP contribution in [0.4, 0.5) is 0 Å². The highest BCUT2D eigenvalue weighted by atomic mass is 32.1. The zero-order valence-corrected chi connectivity index (χ0v) is 17.7. The van der Waals surface area contributed by atoms with E-state index in [1.807, 2.05) is 68.3 Å². The third kappa shape index (κ3) is 3.53. The second kappa shape index (κ2) is 8.04. The number of para-hydroxylation sites is 1. The molecule has 0 radical (unpaired) electrons. The molecule has 7 nitrogen and oxygen atoms in total. The molecular weight excluding hydrogens is 396 g/mol. The lowest BCUT2D eigenvalue weighted by atomic mass is 10.2. The van der Waals surface area contributed by atoms with E-state index in [1.54, 1.807) is 11.3 Å². The van der Waals surface area contributed by atoms with Crippen LogP contribution in [0.3, 0.4) is 0 Å². The molecule has 1 amide bonds. The number of nitrogens with one attached hydrogen (secondary N) is 1.